The summed E-state index contributed by atoms with van der Waals surface area (Å²) < 4.78 is 5.40. The molecule has 1 aromatic carbocycles. The maximum absolute atomic E-state index is 11.4. The zero-order chi connectivity index (χ0) is 16.4. The van der Waals surface area contributed by atoms with Gasteiger partial charge >= 0.3 is 0 Å². The summed E-state index contributed by atoms with van der Waals surface area (Å²) in [5, 5.41) is 0.853. The smallest absolute Gasteiger partial charge is 0.252 e. The van der Waals surface area contributed by atoms with Crippen molar-refractivity contribution in [2.75, 3.05) is 19.6 Å². The number of amides is 2. The maximum atomic E-state index is 11.4. The number of primary amides is 2. The molecule has 1 aromatic heterocycles. The molecule has 0 radical (unpaired) electrons. The number of hydrogen-bond acceptors (Lipinski definition) is 4. The minimum atomic E-state index is -0.421. The summed E-state index contributed by atoms with van der Waals surface area (Å²) in [5.74, 6) is 0.939. The number of piperidine rings is 3. The van der Waals surface area contributed by atoms with E-state index in [1.165, 1.54) is 37.8 Å². The first-order valence-corrected chi connectivity index (χ1v) is 7.82. The lowest BCUT2D eigenvalue weighted by Gasteiger charge is -2.45. The second kappa shape index (κ2) is 6.42. The normalized spacial score (nSPS) is 25.7. The van der Waals surface area contributed by atoms with Crippen molar-refractivity contribution >= 4 is 23.3 Å². The summed E-state index contributed by atoms with van der Waals surface area (Å²) in [6.07, 6.45) is 4.29. The SMILES string of the molecule is NC(=O)c1coc2ccc([C@@H]3CN4CCC3CC4)cc12.NC=O. The lowest BCUT2D eigenvalue weighted by molar-refractivity contribution is -0.106. The summed E-state index contributed by atoms with van der Waals surface area (Å²) in [6, 6.07) is 6.21. The predicted molar refractivity (Wildman–Crippen MR) is 86.9 cm³/mol. The molecular formula is C17H21N3O3. The largest absolute Gasteiger partial charge is 0.463 e. The molecule has 0 unspecified atom stereocenters. The van der Waals surface area contributed by atoms with E-state index in [0.29, 0.717) is 11.5 Å². The van der Waals surface area contributed by atoms with E-state index in [2.05, 4.69) is 22.8 Å². The van der Waals surface area contributed by atoms with E-state index < -0.39 is 5.91 Å². The second-order valence-corrected chi connectivity index (χ2v) is 6.15. The Kier molecular flexibility index (Phi) is 4.34. The van der Waals surface area contributed by atoms with Crippen molar-refractivity contribution in [3.05, 3.63) is 35.6 Å². The van der Waals surface area contributed by atoms with Gasteiger partial charge in [0.25, 0.3) is 5.91 Å². The van der Waals surface area contributed by atoms with Gasteiger partial charge in [-0.05, 0) is 55.5 Å². The van der Waals surface area contributed by atoms with Gasteiger partial charge in [0.05, 0.1) is 5.56 Å². The third-order valence-electron chi connectivity index (χ3n) is 4.95. The van der Waals surface area contributed by atoms with Gasteiger partial charge in [-0.3, -0.25) is 9.59 Å². The average Bonchev–Trinajstić information content (AvgIpc) is 3.00. The molecule has 5 rings (SSSR count). The number of nitrogens with two attached hydrogens (primary N) is 2. The molecule has 6 nitrogen and oxygen atoms in total. The Bertz CT molecular complexity index is 717. The van der Waals surface area contributed by atoms with Crippen LogP contribution in [0, 0.1) is 5.92 Å². The molecule has 23 heavy (non-hydrogen) atoms. The van der Waals surface area contributed by atoms with Crippen LogP contribution in [0.15, 0.2) is 28.9 Å². The fraction of sp³-hybridized carbons (Fsp3) is 0.412. The van der Waals surface area contributed by atoms with E-state index in [9.17, 15) is 4.79 Å². The van der Waals surface area contributed by atoms with E-state index >= 15 is 0 Å². The van der Waals surface area contributed by atoms with Gasteiger partial charge in [0.2, 0.25) is 6.41 Å². The van der Waals surface area contributed by atoms with Gasteiger partial charge in [-0.1, -0.05) is 6.07 Å². The molecule has 0 aliphatic carbocycles. The number of hydrogen-bond donors (Lipinski definition) is 2. The monoisotopic (exact) mass is 315 g/mol. The third kappa shape index (κ3) is 2.94. The molecule has 4 N–H and O–H groups in total. The Balaban J connectivity index is 0.000000485. The lowest BCUT2D eigenvalue weighted by Crippen LogP contribution is -2.46. The fourth-order valence-corrected chi connectivity index (χ4v) is 3.81. The third-order valence-corrected chi connectivity index (χ3v) is 4.95. The van der Waals surface area contributed by atoms with Crippen LogP contribution in [0.25, 0.3) is 11.0 Å². The van der Waals surface area contributed by atoms with Crippen molar-refractivity contribution in [2.45, 2.75) is 18.8 Å². The number of rotatable bonds is 2. The van der Waals surface area contributed by atoms with Crippen LogP contribution < -0.4 is 11.5 Å². The van der Waals surface area contributed by atoms with Crippen molar-refractivity contribution in [3.63, 3.8) is 0 Å². The quantitative estimate of drug-likeness (QED) is 0.818. The fourth-order valence-electron chi connectivity index (χ4n) is 3.81. The molecule has 4 heterocycles. The molecule has 122 valence electrons. The average molecular weight is 315 g/mol. The van der Waals surface area contributed by atoms with E-state index in [0.717, 1.165) is 23.4 Å². The summed E-state index contributed by atoms with van der Waals surface area (Å²) in [5.41, 5.74) is 12.1. The molecule has 3 aliphatic rings. The maximum Gasteiger partial charge on any atom is 0.252 e. The molecule has 0 saturated carbocycles. The number of nitrogens with zero attached hydrogens (tertiary/aromatic N) is 1. The highest BCUT2D eigenvalue weighted by Gasteiger charge is 2.35. The number of fused-ring (bicyclic) bond motifs is 4. The number of carbonyl (C=O) groups excluding carboxylic acids is 2. The van der Waals surface area contributed by atoms with Crippen LogP contribution in [0.5, 0.6) is 0 Å². The molecule has 1 atom stereocenters. The Morgan fingerprint density at radius 2 is 2.00 bits per heavy atom. The number of furan rings is 1. The first-order chi connectivity index (χ1) is 11.1. The molecule has 2 aromatic rings. The van der Waals surface area contributed by atoms with Gasteiger partial charge in [-0.2, -0.15) is 0 Å². The van der Waals surface area contributed by atoms with Gasteiger partial charge < -0.3 is 20.8 Å². The van der Waals surface area contributed by atoms with Crippen LogP contribution in [-0.2, 0) is 4.79 Å². The molecule has 2 bridgehead atoms. The zero-order valence-corrected chi connectivity index (χ0v) is 12.9. The van der Waals surface area contributed by atoms with Crippen LogP contribution >= 0.6 is 0 Å². The Morgan fingerprint density at radius 3 is 2.57 bits per heavy atom. The van der Waals surface area contributed by atoms with Crippen molar-refractivity contribution in [1.29, 1.82) is 0 Å². The first kappa shape index (κ1) is 15.6. The van der Waals surface area contributed by atoms with Crippen LogP contribution in [0.2, 0.25) is 0 Å². The minimum absolute atomic E-state index is 0.250. The van der Waals surface area contributed by atoms with E-state index in [4.69, 9.17) is 14.9 Å². The molecule has 6 heteroatoms. The van der Waals surface area contributed by atoms with Gasteiger partial charge in [-0.25, -0.2) is 0 Å². The standard InChI is InChI=1S/C16H18N2O2.CH3NO/c17-16(19)14-9-20-15-2-1-11(7-12(14)15)13-8-18-5-3-10(13)4-6-18;2-1-3/h1-2,7,9-10,13H,3-6,8H2,(H2,17,19);1H,(H2,2,3)/t13-;/m1./s1. The van der Waals surface area contributed by atoms with Gasteiger partial charge in [-0.15, -0.1) is 0 Å². The van der Waals surface area contributed by atoms with Crippen LogP contribution in [0.4, 0.5) is 0 Å². The summed E-state index contributed by atoms with van der Waals surface area (Å²) in [7, 11) is 0. The van der Waals surface area contributed by atoms with Crippen LogP contribution in [0.1, 0.15) is 34.7 Å². The highest BCUT2D eigenvalue weighted by molar-refractivity contribution is 6.05. The number of carbonyl (C=O) groups is 2. The number of benzene rings is 1. The van der Waals surface area contributed by atoms with Crippen molar-refractivity contribution in [3.8, 4) is 0 Å². The molecule has 0 spiro atoms. The Hall–Kier alpha value is -2.34. The van der Waals surface area contributed by atoms with Crippen molar-refractivity contribution < 1.29 is 14.0 Å². The van der Waals surface area contributed by atoms with Crippen LogP contribution in [-0.4, -0.2) is 36.9 Å². The Labute approximate surface area is 134 Å². The summed E-state index contributed by atoms with van der Waals surface area (Å²) in [4.78, 5) is 22.6. The van der Waals surface area contributed by atoms with Crippen molar-refractivity contribution in [1.82, 2.24) is 4.90 Å². The topological polar surface area (TPSA) is 103 Å². The predicted octanol–water partition coefficient (Wildman–Crippen LogP) is 1.44. The molecule has 3 aliphatic heterocycles. The van der Waals surface area contributed by atoms with Gasteiger partial charge in [0.15, 0.2) is 0 Å². The summed E-state index contributed by atoms with van der Waals surface area (Å²) >= 11 is 0. The Morgan fingerprint density at radius 1 is 1.30 bits per heavy atom. The molecule has 3 fully saturated rings. The molecular weight excluding hydrogens is 294 g/mol. The van der Waals surface area contributed by atoms with E-state index in [1.807, 2.05) is 6.07 Å². The van der Waals surface area contributed by atoms with E-state index in [1.54, 1.807) is 0 Å². The highest BCUT2D eigenvalue weighted by atomic mass is 16.3. The first-order valence-electron chi connectivity index (χ1n) is 7.82. The minimum Gasteiger partial charge on any atom is -0.463 e. The van der Waals surface area contributed by atoms with Crippen LogP contribution in [0.3, 0.4) is 0 Å². The van der Waals surface area contributed by atoms with E-state index in [-0.39, 0.29) is 6.41 Å². The molecule has 3 saturated heterocycles. The van der Waals surface area contributed by atoms with Gasteiger partial charge in [0, 0.05) is 11.9 Å². The zero-order valence-electron chi connectivity index (χ0n) is 12.9. The summed E-state index contributed by atoms with van der Waals surface area (Å²) in [6.45, 7) is 3.61. The molecule has 2 amide bonds. The second-order valence-electron chi connectivity index (χ2n) is 6.15. The lowest BCUT2D eigenvalue weighted by atomic mass is 9.75. The van der Waals surface area contributed by atoms with Crippen molar-refractivity contribution in [2.24, 2.45) is 17.4 Å². The van der Waals surface area contributed by atoms with Gasteiger partial charge in [0.1, 0.15) is 11.8 Å². The highest BCUT2D eigenvalue weighted by Crippen LogP contribution is 2.40.